The lowest BCUT2D eigenvalue weighted by atomic mass is 9.99. The molecule has 2 heterocycles. The van der Waals surface area contributed by atoms with E-state index in [1.807, 2.05) is 0 Å². The third-order valence-electron chi connectivity index (χ3n) is 4.34. The van der Waals surface area contributed by atoms with Gasteiger partial charge in [-0.3, -0.25) is 9.69 Å². The van der Waals surface area contributed by atoms with Gasteiger partial charge in [-0.1, -0.05) is 0 Å². The van der Waals surface area contributed by atoms with Crippen molar-refractivity contribution in [2.75, 3.05) is 32.7 Å². The first-order chi connectivity index (χ1) is 8.49. The summed E-state index contributed by atoms with van der Waals surface area (Å²) >= 11 is 0. The molecule has 2 unspecified atom stereocenters. The highest BCUT2D eigenvalue weighted by molar-refractivity contribution is 5.77. The molecule has 0 saturated carbocycles. The fourth-order valence-corrected chi connectivity index (χ4v) is 2.92. The molecular weight excluding hydrogens is 230 g/mol. The highest BCUT2D eigenvalue weighted by Crippen LogP contribution is 2.21. The Balaban J connectivity index is 1.74. The number of carboxylic acids is 1. The zero-order valence-electron chi connectivity index (χ0n) is 11.3. The minimum atomic E-state index is -1.09. The summed E-state index contributed by atoms with van der Waals surface area (Å²) in [5.74, 6) is -0.905. The Labute approximate surface area is 109 Å². The van der Waals surface area contributed by atoms with Gasteiger partial charge in [0, 0.05) is 19.1 Å². The number of carboxylic acid groups (broad SMARTS) is 1. The van der Waals surface area contributed by atoms with Crippen LogP contribution in [0.2, 0.25) is 0 Å². The second kappa shape index (κ2) is 5.55. The van der Waals surface area contributed by atoms with Crippen LogP contribution in [0.4, 0.5) is 0 Å². The van der Waals surface area contributed by atoms with Crippen molar-refractivity contribution < 1.29 is 9.90 Å². The molecule has 104 valence electrons. The number of likely N-dealkylation sites (tertiary alicyclic amines) is 2. The Morgan fingerprint density at radius 1 is 1.39 bits per heavy atom. The average molecular weight is 255 g/mol. The van der Waals surface area contributed by atoms with Gasteiger partial charge in [-0.2, -0.15) is 0 Å². The van der Waals surface area contributed by atoms with Gasteiger partial charge in [0.05, 0.1) is 0 Å². The van der Waals surface area contributed by atoms with Crippen molar-refractivity contribution in [3.8, 4) is 0 Å². The monoisotopic (exact) mass is 255 g/mol. The minimum Gasteiger partial charge on any atom is -0.480 e. The zero-order chi connectivity index (χ0) is 13.2. The Bertz CT molecular complexity index is 301. The molecule has 18 heavy (non-hydrogen) atoms. The normalized spacial score (nSPS) is 29.6. The first-order valence-corrected chi connectivity index (χ1v) is 6.98. The van der Waals surface area contributed by atoms with Crippen molar-refractivity contribution in [1.82, 2.24) is 9.80 Å². The SMILES string of the molecule is CC(N)(CCN1CCC(N2CCCC2)C1)C(=O)O. The third kappa shape index (κ3) is 3.22. The van der Waals surface area contributed by atoms with Crippen LogP contribution in [0.3, 0.4) is 0 Å². The second-order valence-electron chi connectivity index (χ2n) is 5.96. The highest BCUT2D eigenvalue weighted by Gasteiger charge is 2.32. The molecule has 2 rings (SSSR count). The smallest absolute Gasteiger partial charge is 0.323 e. The van der Waals surface area contributed by atoms with Crippen molar-refractivity contribution in [3.63, 3.8) is 0 Å². The van der Waals surface area contributed by atoms with E-state index < -0.39 is 11.5 Å². The van der Waals surface area contributed by atoms with Crippen LogP contribution < -0.4 is 5.73 Å². The Morgan fingerprint density at radius 2 is 2.06 bits per heavy atom. The van der Waals surface area contributed by atoms with E-state index in [4.69, 9.17) is 10.8 Å². The number of rotatable bonds is 5. The standard InChI is InChI=1S/C13H25N3O2/c1-13(14,12(17)18)5-9-15-8-4-11(10-15)16-6-2-3-7-16/h11H,2-10,14H2,1H3,(H,17,18). The molecule has 0 aromatic heterocycles. The Morgan fingerprint density at radius 3 is 2.67 bits per heavy atom. The maximum atomic E-state index is 10.9. The Kier molecular flexibility index (Phi) is 4.25. The molecule has 2 aliphatic rings. The highest BCUT2D eigenvalue weighted by atomic mass is 16.4. The molecule has 0 spiro atoms. The van der Waals surface area contributed by atoms with Gasteiger partial charge in [0.15, 0.2) is 0 Å². The van der Waals surface area contributed by atoms with E-state index in [2.05, 4.69) is 9.80 Å². The minimum absolute atomic E-state index is 0.523. The molecular formula is C13H25N3O2. The average Bonchev–Trinajstić information content (AvgIpc) is 2.97. The molecule has 0 aromatic carbocycles. The number of nitrogens with two attached hydrogens (primary N) is 1. The molecule has 0 aromatic rings. The van der Waals surface area contributed by atoms with Crippen LogP contribution in [-0.2, 0) is 4.79 Å². The van der Waals surface area contributed by atoms with Crippen LogP contribution in [0.1, 0.15) is 32.6 Å². The molecule has 0 bridgehead atoms. The van der Waals surface area contributed by atoms with Crippen molar-refractivity contribution in [3.05, 3.63) is 0 Å². The van der Waals surface area contributed by atoms with E-state index >= 15 is 0 Å². The molecule has 0 radical (unpaired) electrons. The largest absolute Gasteiger partial charge is 0.480 e. The number of hydrogen-bond acceptors (Lipinski definition) is 4. The van der Waals surface area contributed by atoms with Gasteiger partial charge >= 0.3 is 5.97 Å². The van der Waals surface area contributed by atoms with Gasteiger partial charge in [0.2, 0.25) is 0 Å². The summed E-state index contributed by atoms with van der Waals surface area (Å²) < 4.78 is 0. The van der Waals surface area contributed by atoms with E-state index in [1.165, 1.54) is 32.4 Å². The number of aliphatic carboxylic acids is 1. The van der Waals surface area contributed by atoms with Crippen LogP contribution in [0.25, 0.3) is 0 Å². The molecule has 2 atom stereocenters. The van der Waals surface area contributed by atoms with Crippen molar-refractivity contribution >= 4 is 5.97 Å². The summed E-state index contributed by atoms with van der Waals surface area (Å²) in [6.45, 7) is 7.03. The molecule has 0 amide bonds. The van der Waals surface area contributed by atoms with Crippen molar-refractivity contribution in [2.45, 2.75) is 44.2 Å². The lowest BCUT2D eigenvalue weighted by Gasteiger charge is -2.25. The molecule has 0 aliphatic carbocycles. The summed E-state index contributed by atoms with van der Waals surface area (Å²) in [5.41, 5.74) is 4.67. The third-order valence-corrected chi connectivity index (χ3v) is 4.34. The molecule has 2 saturated heterocycles. The van der Waals surface area contributed by atoms with Crippen molar-refractivity contribution in [1.29, 1.82) is 0 Å². The molecule has 5 nitrogen and oxygen atoms in total. The lowest BCUT2D eigenvalue weighted by molar-refractivity contribution is -0.143. The van der Waals surface area contributed by atoms with Gasteiger partial charge in [-0.25, -0.2) is 0 Å². The maximum Gasteiger partial charge on any atom is 0.323 e. The topological polar surface area (TPSA) is 69.8 Å². The number of carbonyl (C=O) groups is 1. The van der Waals surface area contributed by atoms with E-state index in [0.717, 1.165) is 19.6 Å². The summed E-state index contributed by atoms with van der Waals surface area (Å²) in [5, 5.41) is 8.99. The summed E-state index contributed by atoms with van der Waals surface area (Å²) in [4.78, 5) is 15.9. The number of nitrogens with zero attached hydrogens (tertiary/aromatic N) is 2. The quantitative estimate of drug-likeness (QED) is 0.742. The first-order valence-electron chi connectivity index (χ1n) is 6.98. The van der Waals surface area contributed by atoms with E-state index in [-0.39, 0.29) is 0 Å². The van der Waals surface area contributed by atoms with Gasteiger partial charge in [0.1, 0.15) is 5.54 Å². The van der Waals surface area contributed by atoms with E-state index in [1.54, 1.807) is 6.92 Å². The predicted octanol–water partition coefficient (Wildman–Crippen LogP) is 0.349. The second-order valence-corrected chi connectivity index (χ2v) is 5.96. The van der Waals surface area contributed by atoms with Crippen LogP contribution in [0.15, 0.2) is 0 Å². The summed E-state index contributed by atoms with van der Waals surface area (Å²) in [6.07, 6.45) is 4.40. The van der Waals surface area contributed by atoms with Crippen LogP contribution in [0, 0.1) is 0 Å². The maximum absolute atomic E-state index is 10.9. The van der Waals surface area contributed by atoms with E-state index in [0.29, 0.717) is 12.5 Å². The predicted molar refractivity (Wildman–Crippen MR) is 70.5 cm³/mol. The molecule has 2 fully saturated rings. The van der Waals surface area contributed by atoms with Crippen LogP contribution in [-0.4, -0.2) is 65.2 Å². The molecule has 2 aliphatic heterocycles. The molecule has 3 N–H and O–H groups in total. The van der Waals surface area contributed by atoms with Gasteiger partial charge < -0.3 is 15.7 Å². The lowest BCUT2D eigenvalue weighted by Crippen LogP contribution is -2.47. The first kappa shape index (κ1) is 13.8. The fourth-order valence-electron chi connectivity index (χ4n) is 2.92. The van der Waals surface area contributed by atoms with E-state index in [9.17, 15) is 4.79 Å². The van der Waals surface area contributed by atoms with Crippen LogP contribution in [0.5, 0.6) is 0 Å². The summed E-state index contributed by atoms with van der Waals surface area (Å²) in [6, 6.07) is 0.682. The fraction of sp³-hybridized carbons (Fsp3) is 0.923. The van der Waals surface area contributed by atoms with Crippen LogP contribution >= 0.6 is 0 Å². The zero-order valence-corrected chi connectivity index (χ0v) is 11.3. The molecule has 5 heteroatoms. The Hall–Kier alpha value is -0.650. The van der Waals surface area contributed by atoms with Gasteiger partial charge in [0.25, 0.3) is 0 Å². The van der Waals surface area contributed by atoms with Gasteiger partial charge in [-0.15, -0.1) is 0 Å². The van der Waals surface area contributed by atoms with Crippen molar-refractivity contribution in [2.24, 2.45) is 5.73 Å². The summed E-state index contributed by atoms with van der Waals surface area (Å²) in [7, 11) is 0. The number of hydrogen-bond donors (Lipinski definition) is 2. The van der Waals surface area contributed by atoms with Gasteiger partial charge in [-0.05, 0) is 52.2 Å².